The van der Waals surface area contributed by atoms with Crippen LogP contribution in [0.5, 0.6) is 0 Å². The van der Waals surface area contributed by atoms with Gasteiger partial charge in [0.1, 0.15) is 5.94 Å². The summed E-state index contributed by atoms with van der Waals surface area (Å²) in [5, 5.41) is 0. The minimum atomic E-state index is 0. The molecule has 0 radical (unpaired) electrons. The Bertz CT molecular complexity index is 580. The van der Waals surface area contributed by atoms with Crippen LogP contribution in [0.3, 0.4) is 0 Å². The molecule has 0 N–H and O–H groups in total. The summed E-state index contributed by atoms with van der Waals surface area (Å²) in [4.78, 5) is 10.1. The van der Waals surface area contributed by atoms with Gasteiger partial charge in [0.15, 0.2) is 0 Å². The third-order valence-corrected chi connectivity index (χ3v) is 2.36. The molecule has 3 aromatic rings. The molecule has 96 valence electrons. The average molecular weight is 292 g/mol. The van der Waals surface area contributed by atoms with Crippen LogP contribution in [-0.2, 0) is 21.9 Å². The normalized spacial score (nSPS) is 8.63. The van der Waals surface area contributed by atoms with Gasteiger partial charge >= 0.3 is 17.1 Å². The first-order valence-electron chi connectivity index (χ1n) is 5.58. The van der Waals surface area contributed by atoms with Gasteiger partial charge in [0.2, 0.25) is 0 Å². The Kier molecular flexibility index (Phi) is 6.42. The number of carbonyl (C=O) groups excluding carboxylic acids is 1. The summed E-state index contributed by atoms with van der Waals surface area (Å²) in [6, 6.07) is 19.3. The van der Waals surface area contributed by atoms with Crippen molar-refractivity contribution in [1.82, 2.24) is 0 Å². The molecule has 0 spiro atoms. The Morgan fingerprint density at radius 2 is 2.00 bits per heavy atom. The fraction of sp³-hybridized carbons (Fsp3) is 0. The SMILES string of the molecule is O=C=Cc1cc[c-](-c2ccco2)c1.[Fe+2].c1cc[cH-]c1. The number of hydrogen-bond acceptors (Lipinski definition) is 2. The van der Waals surface area contributed by atoms with Crippen molar-refractivity contribution in [1.29, 1.82) is 0 Å². The van der Waals surface area contributed by atoms with Crippen molar-refractivity contribution in [2.24, 2.45) is 0 Å². The molecule has 0 aliphatic rings. The molecule has 2 aromatic carbocycles. The summed E-state index contributed by atoms with van der Waals surface area (Å²) in [7, 11) is 0. The van der Waals surface area contributed by atoms with E-state index in [9.17, 15) is 4.79 Å². The molecular weight excluding hydrogens is 280 g/mol. The van der Waals surface area contributed by atoms with E-state index in [0.717, 1.165) is 16.9 Å². The first-order chi connectivity index (χ1) is 8.90. The smallest absolute Gasteiger partial charge is 0.485 e. The van der Waals surface area contributed by atoms with Crippen molar-refractivity contribution in [3.05, 3.63) is 72.5 Å². The Balaban J connectivity index is 0.000000256. The molecule has 0 unspecified atom stereocenters. The third-order valence-electron chi connectivity index (χ3n) is 2.36. The summed E-state index contributed by atoms with van der Waals surface area (Å²) in [5.74, 6) is 2.55. The van der Waals surface area contributed by atoms with Crippen LogP contribution < -0.4 is 0 Å². The van der Waals surface area contributed by atoms with Gasteiger partial charge in [0.25, 0.3) is 0 Å². The Hall–Kier alpha value is -2.05. The van der Waals surface area contributed by atoms with Crippen molar-refractivity contribution in [2.45, 2.75) is 0 Å². The van der Waals surface area contributed by atoms with Crippen LogP contribution >= 0.6 is 0 Å². The topological polar surface area (TPSA) is 30.2 Å². The van der Waals surface area contributed by atoms with E-state index in [4.69, 9.17) is 4.42 Å². The first kappa shape index (κ1) is 15.0. The molecule has 0 saturated heterocycles. The van der Waals surface area contributed by atoms with E-state index in [1.165, 1.54) is 6.08 Å². The van der Waals surface area contributed by atoms with Gasteiger partial charge in [-0.3, -0.25) is 0 Å². The van der Waals surface area contributed by atoms with E-state index in [1.807, 2.05) is 60.7 Å². The van der Waals surface area contributed by atoms with Crippen LogP contribution in [-0.4, -0.2) is 5.94 Å². The summed E-state index contributed by atoms with van der Waals surface area (Å²) in [5.41, 5.74) is 1.83. The fourth-order valence-corrected chi connectivity index (χ4v) is 1.54. The Labute approximate surface area is 122 Å². The van der Waals surface area contributed by atoms with Crippen LogP contribution in [0.25, 0.3) is 17.4 Å². The van der Waals surface area contributed by atoms with E-state index in [0.29, 0.717) is 0 Å². The van der Waals surface area contributed by atoms with E-state index in [1.54, 1.807) is 12.2 Å². The summed E-state index contributed by atoms with van der Waals surface area (Å²) in [6.45, 7) is 0. The minimum Gasteiger partial charge on any atom is -0.485 e. The predicted octanol–water partition coefficient (Wildman–Crippen LogP) is 3.91. The summed E-state index contributed by atoms with van der Waals surface area (Å²) < 4.78 is 5.20. The zero-order valence-electron chi connectivity index (χ0n) is 10.1. The molecule has 1 heterocycles. The molecule has 0 saturated carbocycles. The molecule has 1 aromatic heterocycles. The number of hydrogen-bond donors (Lipinski definition) is 0. The van der Waals surface area contributed by atoms with Crippen LogP contribution in [0.4, 0.5) is 0 Å². The average Bonchev–Trinajstić information content (AvgIpc) is 3.14. The predicted molar refractivity (Wildman–Crippen MR) is 71.9 cm³/mol. The van der Waals surface area contributed by atoms with Crippen molar-refractivity contribution in [2.75, 3.05) is 0 Å². The maximum Gasteiger partial charge on any atom is 2.00 e. The molecular formula is C16H12FeO2. The van der Waals surface area contributed by atoms with Gasteiger partial charge in [-0.2, -0.15) is 24.3 Å². The maximum atomic E-state index is 10.1. The molecule has 3 heteroatoms. The largest absolute Gasteiger partial charge is 2.00 e. The summed E-state index contributed by atoms with van der Waals surface area (Å²) >= 11 is 0. The zero-order valence-corrected chi connectivity index (χ0v) is 11.2. The molecule has 0 atom stereocenters. The molecule has 0 fully saturated rings. The van der Waals surface area contributed by atoms with Crippen LogP contribution in [0.15, 0.2) is 71.3 Å². The molecule has 0 aliphatic carbocycles. The Morgan fingerprint density at radius 3 is 2.53 bits per heavy atom. The van der Waals surface area contributed by atoms with Crippen molar-refractivity contribution in [3.63, 3.8) is 0 Å². The van der Waals surface area contributed by atoms with E-state index >= 15 is 0 Å². The second-order valence-electron chi connectivity index (χ2n) is 3.63. The van der Waals surface area contributed by atoms with Gasteiger partial charge < -0.3 is 4.42 Å². The number of rotatable bonds is 2. The molecule has 0 aliphatic heterocycles. The van der Waals surface area contributed by atoms with Gasteiger partial charge in [0.05, 0.1) is 12.0 Å². The van der Waals surface area contributed by atoms with Crippen molar-refractivity contribution >= 4 is 12.0 Å². The van der Waals surface area contributed by atoms with Crippen LogP contribution in [0, 0.1) is 0 Å². The molecule has 2 nitrogen and oxygen atoms in total. The van der Waals surface area contributed by atoms with Gasteiger partial charge in [-0.1, -0.05) is 17.7 Å². The second kappa shape index (κ2) is 8.12. The van der Waals surface area contributed by atoms with Crippen molar-refractivity contribution in [3.8, 4) is 11.3 Å². The first-order valence-corrected chi connectivity index (χ1v) is 5.58. The quantitative estimate of drug-likeness (QED) is 0.407. The summed E-state index contributed by atoms with van der Waals surface area (Å²) in [6.07, 6.45) is 3.02. The Morgan fingerprint density at radius 1 is 1.21 bits per heavy atom. The minimum absolute atomic E-state index is 0. The van der Waals surface area contributed by atoms with Gasteiger partial charge in [-0.25, -0.2) is 16.9 Å². The fourth-order valence-electron chi connectivity index (χ4n) is 1.54. The monoisotopic (exact) mass is 292 g/mol. The van der Waals surface area contributed by atoms with Crippen LogP contribution in [0.1, 0.15) is 5.56 Å². The standard InChI is InChI=1S/C11H7O2.C5H5.Fe/c12-6-5-9-3-4-10(8-9)11-2-1-7-13-11;1-2-4-5-3-1;/h1-5,7-8H;1-5H;/q2*-1;+2. The van der Waals surface area contributed by atoms with Gasteiger partial charge in [-0.05, 0) is 6.08 Å². The molecule has 3 rings (SSSR count). The van der Waals surface area contributed by atoms with E-state index in [-0.39, 0.29) is 17.1 Å². The maximum absolute atomic E-state index is 10.1. The second-order valence-corrected chi connectivity index (χ2v) is 3.63. The van der Waals surface area contributed by atoms with E-state index in [2.05, 4.69) is 0 Å². The molecule has 0 bridgehead atoms. The van der Waals surface area contributed by atoms with Crippen molar-refractivity contribution < 1.29 is 26.3 Å². The van der Waals surface area contributed by atoms with E-state index < -0.39 is 0 Å². The van der Waals surface area contributed by atoms with Gasteiger partial charge in [0, 0.05) is 0 Å². The molecule has 19 heavy (non-hydrogen) atoms. The van der Waals surface area contributed by atoms with Crippen LogP contribution in [0.2, 0.25) is 0 Å². The third kappa shape index (κ3) is 4.61. The number of furan rings is 1. The van der Waals surface area contributed by atoms with Gasteiger partial charge in [-0.15, -0.1) is 17.7 Å². The zero-order chi connectivity index (χ0) is 12.6. The molecule has 0 amide bonds.